The minimum Gasteiger partial charge on any atom is -0.286 e. The molecule has 2 aromatic rings. The quantitative estimate of drug-likeness (QED) is 0.756. The standard InChI is InChI=1S/C14H11NOS/c16-13(14-15-7-8-17-14)12-6-5-10-3-1-2-4-11(10)9-12/h1-6,9H,7-8H2. The molecule has 2 aromatic carbocycles. The van der Waals surface area contributed by atoms with Gasteiger partial charge in [-0.3, -0.25) is 9.79 Å². The SMILES string of the molecule is O=C(C1=NCCS1)c1ccc2ccccc2c1. The normalized spacial score (nSPS) is 14.9. The molecule has 0 aromatic heterocycles. The van der Waals surface area contributed by atoms with E-state index in [1.807, 2.05) is 42.5 Å². The van der Waals surface area contributed by atoms with Crippen LogP contribution in [0.5, 0.6) is 0 Å². The summed E-state index contributed by atoms with van der Waals surface area (Å²) in [7, 11) is 0. The van der Waals surface area contributed by atoms with Crippen LogP contribution in [0.3, 0.4) is 0 Å². The average Bonchev–Trinajstić information content (AvgIpc) is 2.91. The number of fused-ring (bicyclic) bond motifs is 1. The first-order valence-electron chi connectivity index (χ1n) is 5.55. The predicted molar refractivity (Wildman–Crippen MR) is 73.0 cm³/mol. The van der Waals surface area contributed by atoms with Gasteiger partial charge in [0.05, 0.1) is 0 Å². The Labute approximate surface area is 104 Å². The molecule has 0 fully saturated rings. The van der Waals surface area contributed by atoms with Crippen LogP contribution >= 0.6 is 11.8 Å². The summed E-state index contributed by atoms with van der Waals surface area (Å²) in [5.74, 6) is 0.979. The molecule has 0 bridgehead atoms. The minimum absolute atomic E-state index is 0.0539. The number of aliphatic imine (C=N–C) groups is 1. The average molecular weight is 241 g/mol. The Kier molecular flexibility index (Phi) is 2.69. The van der Waals surface area contributed by atoms with E-state index in [2.05, 4.69) is 4.99 Å². The highest BCUT2D eigenvalue weighted by Gasteiger charge is 2.17. The zero-order valence-corrected chi connectivity index (χ0v) is 10.0. The zero-order chi connectivity index (χ0) is 11.7. The smallest absolute Gasteiger partial charge is 0.217 e. The molecule has 0 saturated heterocycles. The van der Waals surface area contributed by atoms with E-state index in [-0.39, 0.29) is 5.78 Å². The molecule has 0 spiro atoms. The van der Waals surface area contributed by atoms with Gasteiger partial charge in [-0.15, -0.1) is 11.8 Å². The van der Waals surface area contributed by atoms with Crippen molar-refractivity contribution in [2.75, 3.05) is 12.3 Å². The van der Waals surface area contributed by atoms with E-state index in [0.29, 0.717) is 5.04 Å². The molecule has 0 atom stereocenters. The van der Waals surface area contributed by atoms with Crippen molar-refractivity contribution in [3.05, 3.63) is 48.0 Å². The van der Waals surface area contributed by atoms with Crippen LogP contribution in [0, 0.1) is 0 Å². The van der Waals surface area contributed by atoms with Crippen LogP contribution < -0.4 is 0 Å². The van der Waals surface area contributed by atoms with Crippen LogP contribution in [-0.4, -0.2) is 23.1 Å². The van der Waals surface area contributed by atoms with Gasteiger partial charge in [0.25, 0.3) is 0 Å². The fraction of sp³-hybridized carbons (Fsp3) is 0.143. The van der Waals surface area contributed by atoms with Crippen LogP contribution in [0.2, 0.25) is 0 Å². The molecule has 0 N–H and O–H groups in total. The van der Waals surface area contributed by atoms with Crippen molar-refractivity contribution in [2.45, 2.75) is 0 Å². The molecule has 1 aliphatic heterocycles. The number of rotatable bonds is 2. The van der Waals surface area contributed by atoms with Crippen molar-refractivity contribution in [3.8, 4) is 0 Å². The molecule has 0 unspecified atom stereocenters. The van der Waals surface area contributed by atoms with Crippen molar-refractivity contribution in [1.82, 2.24) is 0 Å². The van der Waals surface area contributed by atoms with Gasteiger partial charge >= 0.3 is 0 Å². The maximum Gasteiger partial charge on any atom is 0.217 e. The van der Waals surface area contributed by atoms with E-state index in [0.717, 1.165) is 28.6 Å². The fourth-order valence-corrected chi connectivity index (χ4v) is 2.73. The summed E-state index contributed by atoms with van der Waals surface area (Å²) in [5, 5.41) is 2.91. The van der Waals surface area contributed by atoms with Gasteiger partial charge in [0.15, 0.2) is 0 Å². The Balaban J connectivity index is 2.03. The predicted octanol–water partition coefficient (Wildman–Crippen LogP) is 3.17. The molecule has 0 radical (unpaired) electrons. The third-order valence-electron chi connectivity index (χ3n) is 2.79. The number of hydrogen-bond acceptors (Lipinski definition) is 3. The lowest BCUT2D eigenvalue weighted by Crippen LogP contribution is -2.08. The first kappa shape index (κ1) is 10.5. The van der Waals surface area contributed by atoms with Gasteiger partial charge in [0.1, 0.15) is 5.04 Å². The lowest BCUT2D eigenvalue weighted by atomic mass is 10.0. The Hall–Kier alpha value is -1.61. The lowest BCUT2D eigenvalue weighted by molar-refractivity contribution is 0.106. The van der Waals surface area contributed by atoms with Gasteiger partial charge in [-0.1, -0.05) is 36.4 Å². The summed E-state index contributed by atoms with van der Waals surface area (Å²) >= 11 is 1.55. The largest absolute Gasteiger partial charge is 0.286 e. The van der Waals surface area contributed by atoms with Crippen molar-refractivity contribution in [2.24, 2.45) is 4.99 Å². The van der Waals surface area contributed by atoms with Crippen LogP contribution in [0.4, 0.5) is 0 Å². The second-order valence-corrected chi connectivity index (χ2v) is 5.01. The molecule has 17 heavy (non-hydrogen) atoms. The first-order chi connectivity index (χ1) is 8.34. The van der Waals surface area contributed by atoms with E-state index in [1.165, 1.54) is 0 Å². The number of ketones is 1. The number of thioether (sulfide) groups is 1. The van der Waals surface area contributed by atoms with Gasteiger partial charge in [0, 0.05) is 17.9 Å². The molecule has 0 saturated carbocycles. The highest BCUT2D eigenvalue weighted by molar-refractivity contribution is 8.16. The molecule has 3 rings (SSSR count). The van der Waals surface area contributed by atoms with E-state index in [9.17, 15) is 4.79 Å². The van der Waals surface area contributed by atoms with Crippen molar-refractivity contribution < 1.29 is 4.79 Å². The van der Waals surface area contributed by atoms with Crippen molar-refractivity contribution in [3.63, 3.8) is 0 Å². The Bertz CT molecular complexity index is 618. The van der Waals surface area contributed by atoms with E-state index in [4.69, 9.17) is 0 Å². The highest BCUT2D eigenvalue weighted by Crippen LogP contribution is 2.20. The first-order valence-corrected chi connectivity index (χ1v) is 6.54. The van der Waals surface area contributed by atoms with Crippen LogP contribution in [0.15, 0.2) is 47.5 Å². The number of benzene rings is 2. The molecule has 1 aliphatic rings. The van der Waals surface area contributed by atoms with Gasteiger partial charge in [-0.25, -0.2) is 0 Å². The molecular formula is C14H11NOS. The molecule has 2 nitrogen and oxygen atoms in total. The number of carbonyl (C=O) groups excluding carboxylic acids is 1. The zero-order valence-electron chi connectivity index (χ0n) is 9.22. The molecule has 1 heterocycles. The van der Waals surface area contributed by atoms with Crippen molar-refractivity contribution in [1.29, 1.82) is 0 Å². The highest BCUT2D eigenvalue weighted by atomic mass is 32.2. The molecular weight excluding hydrogens is 230 g/mol. The second-order valence-electron chi connectivity index (χ2n) is 3.93. The molecule has 0 amide bonds. The Morgan fingerprint density at radius 2 is 1.94 bits per heavy atom. The van der Waals surface area contributed by atoms with Gasteiger partial charge in [0.2, 0.25) is 5.78 Å². The van der Waals surface area contributed by atoms with Crippen LogP contribution in [0.1, 0.15) is 10.4 Å². The number of hydrogen-bond donors (Lipinski definition) is 0. The topological polar surface area (TPSA) is 29.4 Å². The molecule has 3 heteroatoms. The molecule has 84 valence electrons. The maximum atomic E-state index is 12.1. The monoisotopic (exact) mass is 241 g/mol. The van der Waals surface area contributed by atoms with E-state index in [1.54, 1.807) is 11.8 Å². The second kappa shape index (κ2) is 4.34. The Morgan fingerprint density at radius 1 is 1.12 bits per heavy atom. The summed E-state index contributed by atoms with van der Waals surface area (Å²) < 4.78 is 0. The van der Waals surface area contributed by atoms with Gasteiger partial charge in [-0.05, 0) is 16.8 Å². The summed E-state index contributed by atoms with van der Waals surface area (Å²) in [6, 6.07) is 13.9. The summed E-state index contributed by atoms with van der Waals surface area (Å²) in [5.41, 5.74) is 0.733. The lowest BCUT2D eigenvalue weighted by Gasteiger charge is -2.02. The van der Waals surface area contributed by atoms with Gasteiger partial charge < -0.3 is 0 Å². The number of carbonyl (C=O) groups is 1. The van der Waals surface area contributed by atoms with Crippen molar-refractivity contribution >= 4 is 33.4 Å². The fourth-order valence-electron chi connectivity index (χ4n) is 1.93. The number of Topliss-reactive ketones (excluding diaryl/α,β-unsaturated/α-hetero) is 1. The summed E-state index contributed by atoms with van der Waals surface area (Å²) in [4.78, 5) is 16.4. The minimum atomic E-state index is 0.0539. The summed E-state index contributed by atoms with van der Waals surface area (Å²) in [6.45, 7) is 0.763. The third-order valence-corrected chi connectivity index (χ3v) is 3.77. The van der Waals surface area contributed by atoms with Gasteiger partial charge in [-0.2, -0.15) is 0 Å². The van der Waals surface area contributed by atoms with Crippen LogP contribution in [0.25, 0.3) is 10.8 Å². The third kappa shape index (κ3) is 1.98. The van der Waals surface area contributed by atoms with Crippen LogP contribution in [-0.2, 0) is 0 Å². The molecule has 0 aliphatic carbocycles. The van der Waals surface area contributed by atoms with E-state index >= 15 is 0 Å². The van der Waals surface area contributed by atoms with E-state index < -0.39 is 0 Å². The number of nitrogens with zero attached hydrogens (tertiary/aromatic N) is 1. The Morgan fingerprint density at radius 3 is 2.71 bits per heavy atom. The summed E-state index contributed by atoms with van der Waals surface area (Å²) in [6.07, 6.45) is 0. The maximum absolute atomic E-state index is 12.1.